The second-order valence-corrected chi connectivity index (χ2v) is 6.24. The number of aromatic nitrogens is 1. The van der Waals surface area contributed by atoms with E-state index in [0.29, 0.717) is 17.8 Å². The molecule has 6 heteroatoms. The smallest absolute Gasteiger partial charge is 0.303 e. The topological polar surface area (TPSA) is 79.3 Å². The van der Waals surface area contributed by atoms with Crippen molar-refractivity contribution in [2.45, 2.75) is 32.1 Å². The number of rotatable bonds is 9. The van der Waals surface area contributed by atoms with Gasteiger partial charge in [0.15, 0.2) is 0 Å². The summed E-state index contributed by atoms with van der Waals surface area (Å²) in [6.45, 7) is 0.602. The molecule has 0 bridgehead atoms. The molecule has 0 radical (unpaired) electrons. The summed E-state index contributed by atoms with van der Waals surface area (Å²) in [7, 11) is 0. The molecule has 23 heavy (non-hydrogen) atoms. The van der Waals surface area contributed by atoms with Crippen LogP contribution < -0.4 is 5.32 Å². The molecule has 0 saturated carbocycles. The van der Waals surface area contributed by atoms with Gasteiger partial charge in [-0.25, -0.2) is 4.98 Å². The summed E-state index contributed by atoms with van der Waals surface area (Å²) in [5.74, 6) is -0.854. The molecule has 0 aliphatic rings. The lowest BCUT2D eigenvalue weighted by molar-refractivity contribution is -0.137. The van der Waals surface area contributed by atoms with E-state index in [4.69, 9.17) is 5.11 Å². The fourth-order valence-electron chi connectivity index (χ4n) is 2.14. The van der Waals surface area contributed by atoms with Gasteiger partial charge in [0.05, 0.1) is 6.20 Å². The van der Waals surface area contributed by atoms with Crippen molar-refractivity contribution >= 4 is 23.2 Å². The number of thiazole rings is 1. The first kappa shape index (κ1) is 17.1. The molecule has 0 unspecified atom stereocenters. The van der Waals surface area contributed by atoms with Gasteiger partial charge in [-0.3, -0.25) is 9.59 Å². The van der Waals surface area contributed by atoms with Gasteiger partial charge in [-0.2, -0.15) is 0 Å². The number of carbonyl (C=O) groups is 2. The van der Waals surface area contributed by atoms with Crippen LogP contribution in [-0.2, 0) is 4.79 Å². The Morgan fingerprint density at radius 3 is 2.57 bits per heavy atom. The largest absolute Gasteiger partial charge is 0.481 e. The van der Waals surface area contributed by atoms with Gasteiger partial charge in [0, 0.05) is 18.5 Å². The standard InChI is InChI=1S/C17H20N2O3S/c20-15(21)10-6-1-2-7-11-18-16(22)14-12-19-17(23-14)13-8-4-3-5-9-13/h3-5,8-9,12H,1-2,6-7,10-11H2,(H,18,22)(H,20,21). The Hall–Kier alpha value is -2.21. The third-order valence-corrected chi connectivity index (χ3v) is 4.40. The van der Waals surface area contributed by atoms with Crippen molar-refractivity contribution in [3.63, 3.8) is 0 Å². The first-order valence-electron chi connectivity index (χ1n) is 7.68. The number of hydrogen-bond donors (Lipinski definition) is 2. The molecule has 1 aromatic carbocycles. The normalized spacial score (nSPS) is 10.4. The minimum atomic E-state index is -0.752. The fraction of sp³-hybridized carbons (Fsp3) is 0.353. The average Bonchev–Trinajstić information content (AvgIpc) is 3.04. The van der Waals surface area contributed by atoms with Gasteiger partial charge in [-0.15, -0.1) is 11.3 Å². The molecule has 0 fully saturated rings. The van der Waals surface area contributed by atoms with E-state index in [1.165, 1.54) is 11.3 Å². The molecule has 2 aromatic rings. The van der Waals surface area contributed by atoms with E-state index < -0.39 is 5.97 Å². The van der Waals surface area contributed by atoms with Crippen molar-refractivity contribution in [3.05, 3.63) is 41.4 Å². The molecule has 0 saturated heterocycles. The highest BCUT2D eigenvalue weighted by atomic mass is 32.1. The molecule has 0 aliphatic heterocycles. The first-order chi connectivity index (χ1) is 11.2. The van der Waals surface area contributed by atoms with Gasteiger partial charge in [0.2, 0.25) is 0 Å². The predicted octanol–water partition coefficient (Wildman–Crippen LogP) is 3.58. The summed E-state index contributed by atoms with van der Waals surface area (Å²) in [6.07, 6.45) is 5.17. The van der Waals surface area contributed by atoms with Crippen molar-refractivity contribution in [3.8, 4) is 10.6 Å². The highest BCUT2D eigenvalue weighted by molar-refractivity contribution is 7.16. The minimum absolute atomic E-state index is 0.102. The van der Waals surface area contributed by atoms with Gasteiger partial charge >= 0.3 is 5.97 Å². The zero-order valence-electron chi connectivity index (χ0n) is 12.8. The van der Waals surface area contributed by atoms with E-state index in [2.05, 4.69) is 10.3 Å². The van der Waals surface area contributed by atoms with Crippen LogP contribution in [-0.4, -0.2) is 28.5 Å². The number of nitrogens with one attached hydrogen (secondary N) is 1. The number of carboxylic acids is 1. The third kappa shape index (κ3) is 5.83. The van der Waals surface area contributed by atoms with E-state index in [1.807, 2.05) is 30.3 Å². The number of carbonyl (C=O) groups excluding carboxylic acids is 1. The number of unbranched alkanes of at least 4 members (excludes halogenated alkanes) is 3. The van der Waals surface area contributed by atoms with Gasteiger partial charge in [-0.1, -0.05) is 43.2 Å². The van der Waals surface area contributed by atoms with Crippen LogP contribution >= 0.6 is 11.3 Å². The van der Waals surface area contributed by atoms with Crippen molar-refractivity contribution in [2.75, 3.05) is 6.54 Å². The van der Waals surface area contributed by atoms with Crippen molar-refractivity contribution in [1.82, 2.24) is 10.3 Å². The SMILES string of the molecule is O=C(O)CCCCCCNC(=O)c1cnc(-c2ccccc2)s1. The number of amides is 1. The Morgan fingerprint density at radius 1 is 1.09 bits per heavy atom. The lowest BCUT2D eigenvalue weighted by atomic mass is 10.1. The molecule has 1 aromatic heterocycles. The Balaban J connectivity index is 1.70. The quantitative estimate of drug-likeness (QED) is 0.688. The second-order valence-electron chi connectivity index (χ2n) is 5.21. The van der Waals surface area contributed by atoms with E-state index in [0.717, 1.165) is 29.8 Å². The molecule has 0 atom stereocenters. The third-order valence-electron chi connectivity index (χ3n) is 3.35. The van der Waals surface area contributed by atoms with Crippen LogP contribution in [0, 0.1) is 0 Å². The summed E-state index contributed by atoms with van der Waals surface area (Å²) in [5, 5.41) is 12.3. The zero-order valence-corrected chi connectivity index (χ0v) is 13.6. The second kappa shape index (κ2) is 9.05. The molecule has 1 heterocycles. The number of aliphatic carboxylic acids is 1. The number of carboxylic acid groups (broad SMARTS) is 1. The molecule has 2 N–H and O–H groups in total. The summed E-state index contributed by atoms with van der Waals surface area (Å²) in [5.41, 5.74) is 1.01. The molecule has 122 valence electrons. The van der Waals surface area contributed by atoms with Crippen LogP contribution in [0.2, 0.25) is 0 Å². The molecule has 1 amide bonds. The Kier molecular flexibility index (Phi) is 6.75. The molecular formula is C17H20N2O3S. The van der Waals surface area contributed by atoms with Crippen LogP contribution in [0.15, 0.2) is 36.5 Å². The van der Waals surface area contributed by atoms with Crippen molar-refractivity contribution in [1.29, 1.82) is 0 Å². The summed E-state index contributed by atoms with van der Waals surface area (Å²) in [4.78, 5) is 27.3. The van der Waals surface area contributed by atoms with Gasteiger partial charge in [0.1, 0.15) is 9.88 Å². The zero-order chi connectivity index (χ0) is 16.5. The van der Waals surface area contributed by atoms with Crippen LogP contribution in [0.5, 0.6) is 0 Å². The Labute approximate surface area is 139 Å². The van der Waals surface area contributed by atoms with Gasteiger partial charge in [-0.05, 0) is 12.8 Å². The highest BCUT2D eigenvalue weighted by Crippen LogP contribution is 2.24. The number of nitrogens with zero attached hydrogens (tertiary/aromatic N) is 1. The van der Waals surface area contributed by atoms with Crippen molar-refractivity contribution < 1.29 is 14.7 Å². The monoisotopic (exact) mass is 332 g/mol. The van der Waals surface area contributed by atoms with E-state index in [1.54, 1.807) is 6.20 Å². The van der Waals surface area contributed by atoms with Gasteiger partial charge < -0.3 is 10.4 Å². The molecule has 2 rings (SSSR count). The van der Waals surface area contributed by atoms with E-state index >= 15 is 0 Å². The minimum Gasteiger partial charge on any atom is -0.481 e. The van der Waals surface area contributed by atoms with Crippen LogP contribution in [0.4, 0.5) is 0 Å². The lowest BCUT2D eigenvalue weighted by Crippen LogP contribution is -2.23. The number of hydrogen-bond acceptors (Lipinski definition) is 4. The molecule has 5 nitrogen and oxygen atoms in total. The maximum absolute atomic E-state index is 12.0. The Morgan fingerprint density at radius 2 is 1.83 bits per heavy atom. The van der Waals surface area contributed by atoms with Gasteiger partial charge in [0.25, 0.3) is 5.91 Å². The maximum Gasteiger partial charge on any atom is 0.303 e. The summed E-state index contributed by atoms with van der Waals surface area (Å²) >= 11 is 1.38. The Bertz CT molecular complexity index is 640. The average molecular weight is 332 g/mol. The van der Waals surface area contributed by atoms with Crippen LogP contribution in [0.1, 0.15) is 41.8 Å². The molecule has 0 aliphatic carbocycles. The predicted molar refractivity (Wildman–Crippen MR) is 90.6 cm³/mol. The highest BCUT2D eigenvalue weighted by Gasteiger charge is 2.10. The van der Waals surface area contributed by atoms with Crippen LogP contribution in [0.3, 0.4) is 0 Å². The summed E-state index contributed by atoms with van der Waals surface area (Å²) < 4.78 is 0. The van der Waals surface area contributed by atoms with E-state index in [-0.39, 0.29) is 12.3 Å². The maximum atomic E-state index is 12.0. The molecule has 0 spiro atoms. The fourth-order valence-corrected chi connectivity index (χ4v) is 2.98. The van der Waals surface area contributed by atoms with E-state index in [9.17, 15) is 9.59 Å². The molecular weight excluding hydrogens is 312 g/mol. The number of benzene rings is 1. The lowest BCUT2D eigenvalue weighted by Gasteiger charge is -2.03. The summed E-state index contributed by atoms with van der Waals surface area (Å²) in [6, 6.07) is 9.78. The van der Waals surface area contributed by atoms with Crippen molar-refractivity contribution in [2.24, 2.45) is 0 Å². The van der Waals surface area contributed by atoms with Crippen LogP contribution in [0.25, 0.3) is 10.6 Å². The first-order valence-corrected chi connectivity index (χ1v) is 8.49.